The highest BCUT2D eigenvalue weighted by atomic mass is 32.2. The van der Waals surface area contributed by atoms with E-state index >= 15 is 0 Å². The molecule has 2 heterocycles. The summed E-state index contributed by atoms with van der Waals surface area (Å²) in [4.78, 5) is 17.8. The molecule has 0 aromatic heterocycles. The molecule has 8 heteroatoms. The van der Waals surface area contributed by atoms with Crippen molar-refractivity contribution in [3.05, 3.63) is 24.3 Å². The van der Waals surface area contributed by atoms with E-state index in [0.29, 0.717) is 18.2 Å². The Labute approximate surface area is 146 Å². The second-order valence-electron chi connectivity index (χ2n) is 5.74. The van der Waals surface area contributed by atoms with Crippen LogP contribution >= 0.6 is 11.8 Å². The molecule has 2 fully saturated rings. The minimum absolute atomic E-state index is 0.0787. The first-order valence-corrected chi connectivity index (χ1v) is 10.6. The average molecular weight is 368 g/mol. The smallest absolute Gasteiger partial charge is 0.247 e. The fourth-order valence-electron chi connectivity index (χ4n) is 2.92. The third-order valence-corrected chi connectivity index (χ3v) is 7.23. The van der Waals surface area contributed by atoms with E-state index in [1.807, 2.05) is 36.1 Å². The molecule has 0 bridgehead atoms. The molecule has 0 saturated carbocycles. The van der Waals surface area contributed by atoms with Crippen LogP contribution in [0.15, 0.2) is 29.3 Å². The van der Waals surface area contributed by atoms with Crippen molar-refractivity contribution in [2.75, 3.05) is 23.0 Å². The zero-order chi connectivity index (χ0) is 17.3. The summed E-state index contributed by atoms with van der Waals surface area (Å²) in [6.45, 7) is 4.26. The van der Waals surface area contributed by atoms with Crippen molar-refractivity contribution >= 4 is 38.4 Å². The van der Waals surface area contributed by atoms with Crippen molar-refractivity contribution in [1.29, 1.82) is 0 Å². The number of rotatable bonds is 4. The SMILES string of the molecule is CCOc1ccc(N2C(=NC(=O)CC)S[C@@H]3CS(=O)(=O)C[C@H]32)cc1. The van der Waals surface area contributed by atoms with Crippen LogP contribution < -0.4 is 9.64 Å². The monoisotopic (exact) mass is 368 g/mol. The highest BCUT2D eigenvalue weighted by Gasteiger charge is 2.49. The van der Waals surface area contributed by atoms with E-state index in [9.17, 15) is 13.2 Å². The second kappa shape index (κ2) is 6.76. The van der Waals surface area contributed by atoms with Crippen LogP contribution in [-0.4, -0.2) is 48.9 Å². The summed E-state index contributed by atoms with van der Waals surface area (Å²) in [7, 11) is -3.05. The van der Waals surface area contributed by atoms with Crippen LogP contribution in [0.25, 0.3) is 0 Å². The van der Waals surface area contributed by atoms with Crippen molar-refractivity contribution in [1.82, 2.24) is 0 Å². The number of carbonyl (C=O) groups excluding carboxylic acids is 1. The quantitative estimate of drug-likeness (QED) is 0.810. The van der Waals surface area contributed by atoms with Gasteiger partial charge in [-0.3, -0.25) is 4.79 Å². The molecule has 24 heavy (non-hydrogen) atoms. The maximum absolute atomic E-state index is 12.0. The number of hydrogen-bond acceptors (Lipinski definition) is 5. The summed E-state index contributed by atoms with van der Waals surface area (Å²) >= 11 is 1.39. The molecule has 0 N–H and O–H groups in total. The number of hydrogen-bond donors (Lipinski definition) is 0. The van der Waals surface area contributed by atoms with Gasteiger partial charge in [0.2, 0.25) is 5.91 Å². The van der Waals surface area contributed by atoms with E-state index in [-0.39, 0.29) is 28.7 Å². The summed E-state index contributed by atoms with van der Waals surface area (Å²) in [5.41, 5.74) is 0.832. The van der Waals surface area contributed by atoms with E-state index in [4.69, 9.17) is 4.74 Å². The lowest BCUT2D eigenvalue weighted by atomic mass is 10.2. The Kier molecular flexibility index (Phi) is 4.87. The molecule has 130 valence electrons. The molecule has 2 saturated heterocycles. The minimum Gasteiger partial charge on any atom is -0.494 e. The van der Waals surface area contributed by atoms with Crippen molar-refractivity contribution in [3.63, 3.8) is 0 Å². The molecule has 3 rings (SSSR count). The molecule has 2 atom stereocenters. The van der Waals surface area contributed by atoms with E-state index in [2.05, 4.69) is 4.99 Å². The Morgan fingerprint density at radius 2 is 2.00 bits per heavy atom. The summed E-state index contributed by atoms with van der Waals surface area (Å²) in [6, 6.07) is 7.27. The van der Waals surface area contributed by atoms with Gasteiger partial charge < -0.3 is 9.64 Å². The highest BCUT2D eigenvalue weighted by molar-refractivity contribution is 8.16. The summed E-state index contributed by atoms with van der Waals surface area (Å²) in [5, 5.41) is 0.515. The number of amides is 1. The number of carbonyl (C=O) groups is 1. The number of thioether (sulfide) groups is 1. The average Bonchev–Trinajstić information content (AvgIpc) is 2.99. The third kappa shape index (κ3) is 3.44. The van der Waals surface area contributed by atoms with Gasteiger partial charge in [0.1, 0.15) is 5.75 Å². The Bertz CT molecular complexity index is 759. The zero-order valence-electron chi connectivity index (χ0n) is 13.6. The van der Waals surface area contributed by atoms with E-state index in [0.717, 1.165) is 11.4 Å². The van der Waals surface area contributed by atoms with Crippen LogP contribution in [0.3, 0.4) is 0 Å². The first-order valence-electron chi connectivity index (χ1n) is 7.94. The number of fused-ring (bicyclic) bond motifs is 1. The topological polar surface area (TPSA) is 76.0 Å². The molecular weight excluding hydrogens is 348 g/mol. The van der Waals surface area contributed by atoms with Gasteiger partial charge in [0.05, 0.1) is 24.2 Å². The van der Waals surface area contributed by atoms with Gasteiger partial charge in [-0.15, -0.1) is 0 Å². The molecule has 0 spiro atoms. The van der Waals surface area contributed by atoms with Crippen molar-refractivity contribution in [3.8, 4) is 5.75 Å². The summed E-state index contributed by atoms with van der Waals surface area (Å²) < 4.78 is 29.4. The standard InChI is InChI=1S/C16H20N2O4S2/c1-3-15(19)17-16-18(11-5-7-12(8-6-11)22-4-2)13-9-24(20,21)10-14(13)23-16/h5-8,13-14H,3-4,9-10H2,1-2H3/t13-,14-/m1/s1. The van der Waals surface area contributed by atoms with E-state index in [1.54, 1.807) is 6.92 Å². The van der Waals surface area contributed by atoms with Crippen molar-refractivity contribution in [2.45, 2.75) is 31.6 Å². The van der Waals surface area contributed by atoms with Gasteiger partial charge in [0.25, 0.3) is 0 Å². The van der Waals surface area contributed by atoms with Crippen LogP contribution in [0.5, 0.6) is 5.75 Å². The molecule has 2 aliphatic heterocycles. The Morgan fingerprint density at radius 1 is 1.29 bits per heavy atom. The molecule has 0 aliphatic carbocycles. The van der Waals surface area contributed by atoms with Gasteiger partial charge in [0, 0.05) is 17.4 Å². The van der Waals surface area contributed by atoms with Gasteiger partial charge in [-0.05, 0) is 31.2 Å². The molecule has 1 aromatic carbocycles. The highest BCUT2D eigenvalue weighted by Crippen LogP contribution is 2.41. The molecule has 2 aliphatic rings. The first-order chi connectivity index (χ1) is 11.4. The van der Waals surface area contributed by atoms with E-state index in [1.165, 1.54) is 11.8 Å². The number of sulfone groups is 1. The fraction of sp³-hybridized carbons (Fsp3) is 0.500. The lowest BCUT2D eigenvalue weighted by Gasteiger charge is -2.24. The fourth-order valence-corrected chi connectivity index (χ4v) is 6.85. The van der Waals surface area contributed by atoms with Gasteiger partial charge in [0.15, 0.2) is 15.0 Å². The minimum atomic E-state index is -3.05. The van der Waals surface area contributed by atoms with Crippen molar-refractivity contribution < 1.29 is 17.9 Å². The van der Waals surface area contributed by atoms with Gasteiger partial charge in [-0.2, -0.15) is 4.99 Å². The largest absolute Gasteiger partial charge is 0.494 e. The normalized spacial score (nSPS) is 26.6. The molecule has 0 unspecified atom stereocenters. The van der Waals surface area contributed by atoms with E-state index < -0.39 is 9.84 Å². The summed E-state index contributed by atoms with van der Waals surface area (Å²) in [5.74, 6) is 0.787. The third-order valence-electron chi connectivity index (χ3n) is 4.02. The zero-order valence-corrected chi connectivity index (χ0v) is 15.3. The van der Waals surface area contributed by atoms with Gasteiger partial charge >= 0.3 is 0 Å². The number of benzene rings is 1. The van der Waals surface area contributed by atoms with Crippen molar-refractivity contribution in [2.24, 2.45) is 4.99 Å². The molecule has 0 radical (unpaired) electrons. The predicted molar refractivity (Wildman–Crippen MR) is 96.6 cm³/mol. The number of anilines is 1. The number of aliphatic imine (C=N–C) groups is 1. The van der Waals surface area contributed by atoms with Crippen LogP contribution in [-0.2, 0) is 14.6 Å². The Balaban J connectivity index is 1.95. The van der Waals surface area contributed by atoms with Crippen LogP contribution in [0, 0.1) is 0 Å². The molecule has 1 amide bonds. The number of amidine groups is 1. The Morgan fingerprint density at radius 3 is 2.62 bits per heavy atom. The lowest BCUT2D eigenvalue weighted by Crippen LogP contribution is -2.37. The van der Waals surface area contributed by atoms with Crippen LogP contribution in [0.2, 0.25) is 0 Å². The summed E-state index contributed by atoms with van der Waals surface area (Å²) in [6.07, 6.45) is 0.328. The molecular formula is C16H20N2O4S2. The Hall–Kier alpha value is -1.54. The van der Waals surface area contributed by atoms with Gasteiger partial charge in [-0.1, -0.05) is 18.7 Å². The predicted octanol–water partition coefficient (Wildman–Crippen LogP) is 2.10. The maximum atomic E-state index is 12.0. The molecule has 6 nitrogen and oxygen atoms in total. The molecule has 1 aromatic rings. The number of ether oxygens (including phenoxy) is 1. The number of nitrogens with zero attached hydrogens (tertiary/aromatic N) is 2. The van der Waals surface area contributed by atoms with Gasteiger partial charge in [-0.25, -0.2) is 8.42 Å². The second-order valence-corrected chi connectivity index (χ2v) is 9.10. The lowest BCUT2D eigenvalue weighted by molar-refractivity contribution is -0.117. The van der Waals surface area contributed by atoms with Crippen LogP contribution in [0.1, 0.15) is 20.3 Å². The maximum Gasteiger partial charge on any atom is 0.247 e. The van der Waals surface area contributed by atoms with Crippen LogP contribution in [0.4, 0.5) is 5.69 Å². The first kappa shape index (κ1) is 17.3.